The molecule has 0 bridgehead atoms. The molecule has 11 nitrogen and oxygen atoms in total. The summed E-state index contributed by atoms with van der Waals surface area (Å²) in [6, 6.07) is 10.9. The molecule has 0 unspecified atom stereocenters. The van der Waals surface area contributed by atoms with Gasteiger partial charge in [0.25, 0.3) is 12.4 Å². The van der Waals surface area contributed by atoms with Crippen LogP contribution in [0.1, 0.15) is 38.3 Å². The first-order chi connectivity index (χ1) is 15.7. The number of hydrogen-bond donors (Lipinski definition) is 8. The zero-order chi connectivity index (χ0) is 24.8. The molecule has 2 aromatic carbocycles. The van der Waals surface area contributed by atoms with E-state index in [1.54, 1.807) is 18.2 Å². The second-order valence-electron chi connectivity index (χ2n) is 6.88. The Labute approximate surface area is 190 Å². The molecule has 2 aromatic rings. The number of aliphatic hydroxyl groups is 1. The summed E-state index contributed by atoms with van der Waals surface area (Å²) in [5.74, 6) is -3.51. The average molecular weight is 462 g/mol. The Morgan fingerprint density at radius 1 is 1.12 bits per heavy atom. The van der Waals surface area contributed by atoms with Gasteiger partial charge in [0.2, 0.25) is 0 Å². The Balaban J connectivity index is 0.00000172. The van der Waals surface area contributed by atoms with Gasteiger partial charge in [0.1, 0.15) is 11.3 Å². The van der Waals surface area contributed by atoms with E-state index in [4.69, 9.17) is 20.1 Å². The van der Waals surface area contributed by atoms with Gasteiger partial charge in [-0.1, -0.05) is 24.3 Å². The van der Waals surface area contributed by atoms with Crippen LogP contribution in [0.4, 0.5) is 0 Å². The maximum absolute atomic E-state index is 12.6. The normalized spacial score (nSPS) is 11.0. The number of carbonyl (C=O) groups is 3. The van der Waals surface area contributed by atoms with E-state index in [1.807, 2.05) is 6.07 Å². The predicted molar refractivity (Wildman–Crippen MR) is 119 cm³/mol. The van der Waals surface area contributed by atoms with E-state index < -0.39 is 30.7 Å². The SMILES string of the molecule is O=C(N[C@@H](Cc1cccc(C(=O)O)c1O)B(O)O)c1cccc(CNCCCO)c1.O=CO. The van der Waals surface area contributed by atoms with Crippen LogP contribution in [0.25, 0.3) is 0 Å². The Bertz CT molecular complexity index is 924. The van der Waals surface area contributed by atoms with Crippen LogP contribution in [-0.4, -0.2) is 75.0 Å². The summed E-state index contributed by atoms with van der Waals surface area (Å²) in [6.07, 6.45) is 0.435. The largest absolute Gasteiger partial charge is 0.507 e. The van der Waals surface area contributed by atoms with Crippen LogP contribution in [0.2, 0.25) is 0 Å². The van der Waals surface area contributed by atoms with Gasteiger partial charge in [-0.05, 0) is 48.7 Å². The number of amides is 1. The molecule has 8 N–H and O–H groups in total. The quantitative estimate of drug-likeness (QED) is 0.124. The first-order valence-electron chi connectivity index (χ1n) is 9.94. The zero-order valence-electron chi connectivity index (χ0n) is 17.7. The molecule has 0 fully saturated rings. The fourth-order valence-corrected chi connectivity index (χ4v) is 2.91. The van der Waals surface area contributed by atoms with Crippen LogP contribution < -0.4 is 10.6 Å². The van der Waals surface area contributed by atoms with Crippen LogP contribution >= 0.6 is 0 Å². The number of benzene rings is 2. The maximum Gasteiger partial charge on any atom is 0.475 e. The Hall–Kier alpha value is -3.45. The van der Waals surface area contributed by atoms with Crippen molar-refractivity contribution in [3.8, 4) is 5.75 Å². The molecule has 1 atom stereocenters. The monoisotopic (exact) mass is 462 g/mol. The lowest BCUT2D eigenvalue weighted by molar-refractivity contribution is -0.122. The van der Waals surface area contributed by atoms with Crippen molar-refractivity contribution in [2.24, 2.45) is 0 Å². The van der Waals surface area contributed by atoms with Crippen molar-refractivity contribution in [3.63, 3.8) is 0 Å². The van der Waals surface area contributed by atoms with Crippen molar-refractivity contribution in [2.75, 3.05) is 13.2 Å². The topological polar surface area (TPSA) is 197 Å². The first kappa shape index (κ1) is 27.6. The third-order valence-corrected chi connectivity index (χ3v) is 4.50. The van der Waals surface area contributed by atoms with Crippen LogP contribution in [0, 0.1) is 0 Å². The lowest BCUT2D eigenvalue weighted by Gasteiger charge is -2.19. The summed E-state index contributed by atoms with van der Waals surface area (Å²) in [4.78, 5) is 32.1. The van der Waals surface area contributed by atoms with Gasteiger partial charge in [0, 0.05) is 18.7 Å². The lowest BCUT2D eigenvalue weighted by atomic mass is 9.75. The van der Waals surface area contributed by atoms with E-state index in [1.165, 1.54) is 18.2 Å². The van der Waals surface area contributed by atoms with E-state index in [0.29, 0.717) is 25.1 Å². The van der Waals surface area contributed by atoms with E-state index in [0.717, 1.165) is 5.56 Å². The molecule has 0 aliphatic rings. The van der Waals surface area contributed by atoms with Gasteiger partial charge in [-0.2, -0.15) is 0 Å². The summed E-state index contributed by atoms with van der Waals surface area (Å²) in [6.45, 7) is 0.971. The second kappa shape index (κ2) is 14.6. The summed E-state index contributed by atoms with van der Waals surface area (Å²) in [7, 11) is -1.93. The smallest absolute Gasteiger partial charge is 0.475 e. The van der Waals surface area contributed by atoms with Gasteiger partial charge in [-0.15, -0.1) is 0 Å². The number of aliphatic hydroxyl groups excluding tert-OH is 1. The number of para-hydroxylation sites is 1. The summed E-state index contributed by atoms with van der Waals surface area (Å²) in [5, 5.41) is 59.9. The number of aromatic carboxylic acids is 1. The second-order valence-corrected chi connectivity index (χ2v) is 6.88. The summed E-state index contributed by atoms with van der Waals surface area (Å²) in [5.41, 5.74) is 1.00. The predicted octanol–water partition coefficient (Wildman–Crippen LogP) is -0.384. The molecule has 0 aliphatic carbocycles. The van der Waals surface area contributed by atoms with E-state index in [-0.39, 0.29) is 30.6 Å². The third-order valence-electron chi connectivity index (χ3n) is 4.50. The zero-order valence-corrected chi connectivity index (χ0v) is 17.7. The number of nitrogens with one attached hydrogen (secondary N) is 2. The van der Waals surface area contributed by atoms with Crippen LogP contribution in [0.3, 0.4) is 0 Å². The van der Waals surface area contributed by atoms with Crippen LogP contribution in [-0.2, 0) is 17.8 Å². The van der Waals surface area contributed by atoms with Gasteiger partial charge >= 0.3 is 13.1 Å². The maximum atomic E-state index is 12.6. The minimum Gasteiger partial charge on any atom is -0.507 e. The molecule has 2 rings (SSSR count). The summed E-state index contributed by atoms with van der Waals surface area (Å²) < 4.78 is 0. The summed E-state index contributed by atoms with van der Waals surface area (Å²) >= 11 is 0. The Morgan fingerprint density at radius 2 is 1.79 bits per heavy atom. The highest BCUT2D eigenvalue weighted by molar-refractivity contribution is 6.43. The average Bonchev–Trinajstić information content (AvgIpc) is 2.78. The van der Waals surface area contributed by atoms with Gasteiger partial charge in [0.05, 0.1) is 5.94 Å². The van der Waals surface area contributed by atoms with E-state index >= 15 is 0 Å². The minimum absolute atomic E-state index is 0.0885. The van der Waals surface area contributed by atoms with Crippen LogP contribution in [0.5, 0.6) is 5.75 Å². The van der Waals surface area contributed by atoms with Crippen molar-refractivity contribution in [3.05, 3.63) is 64.7 Å². The number of carboxylic acid groups (broad SMARTS) is 2. The fourth-order valence-electron chi connectivity index (χ4n) is 2.91. The van der Waals surface area contributed by atoms with Gasteiger partial charge in [-0.3, -0.25) is 9.59 Å². The Morgan fingerprint density at radius 3 is 2.39 bits per heavy atom. The standard InChI is InChI=1S/C20H25BN2O7.CH2O2/c24-9-3-8-22-12-13-4-1-6-15(10-13)19(26)23-17(21(29)30)11-14-5-2-7-16(18(14)25)20(27)28;2-1-3/h1-2,4-7,10,17,22,24-25,29-30H,3,8-9,11-12H2,(H,23,26)(H,27,28);1H,(H,2,3)/t17-;/m0./s1. The number of aromatic hydroxyl groups is 1. The molecule has 0 heterocycles. The number of carboxylic acids is 1. The highest BCUT2D eigenvalue weighted by Crippen LogP contribution is 2.24. The number of carbonyl (C=O) groups excluding carboxylic acids is 1. The fraction of sp³-hybridized carbons (Fsp3) is 0.286. The first-order valence-corrected chi connectivity index (χ1v) is 9.94. The number of hydrogen-bond acceptors (Lipinski definition) is 8. The molecule has 0 radical (unpaired) electrons. The molecular formula is C21H27BN2O9. The molecule has 33 heavy (non-hydrogen) atoms. The van der Waals surface area contributed by atoms with Gasteiger partial charge in [0.15, 0.2) is 0 Å². The van der Waals surface area contributed by atoms with Crippen molar-refractivity contribution in [1.29, 1.82) is 0 Å². The third kappa shape index (κ3) is 9.29. The molecule has 12 heteroatoms. The van der Waals surface area contributed by atoms with Crippen molar-refractivity contribution < 1.29 is 44.9 Å². The van der Waals surface area contributed by atoms with E-state index in [2.05, 4.69) is 10.6 Å². The van der Waals surface area contributed by atoms with Gasteiger partial charge in [-0.25, -0.2) is 4.79 Å². The molecule has 0 saturated carbocycles. The van der Waals surface area contributed by atoms with Gasteiger partial charge < -0.3 is 41.1 Å². The number of phenols is 1. The van der Waals surface area contributed by atoms with Crippen molar-refractivity contribution in [2.45, 2.75) is 25.3 Å². The molecule has 0 aromatic heterocycles. The van der Waals surface area contributed by atoms with Crippen molar-refractivity contribution >= 4 is 25.5 Å². The minimum atomic E-state index is -1.93. The lowest BCUT2D eigenvalue weighted by Crippen LogP contribution is -2.48. The highest BCUT2D eigenvalue weighted by atomic mass is 16.4. The van der Waals surface area contributed by atoms with Crippen molar-refractivity contribution in [1.82, 2.24) is 10.6 Å². The molecular weight excluding hydrogens is 435 g/mol. The Kier molecular flexibility index (Phi) is 12.2. The number of rotatable bonds is 11. The molecule has 178 valence electrons. The highest BCUT2D eigenvalue weighted by Gasteiger charge is 2.28. The molecule has 0 spiro atoms. The molecule has 0 saturated heterocycles. The molecule has 1 amide bonds. The van der Waals surface area contributed by atoms with E-state index in [9.17, 15) is 24.7 Å². The van der Waals surface area contributed by atoms with Crippen LogP contribution in [0.15, 0.2) is 42.5 Å². The molecule has 0 aliphatic heterocycles.